The largest absolute Gasteiger partial charge is 0.384 e. The van der Waals surface area contributed by atoms with Gasteiger partial charge in [0.25, 0.3) is 0 Å². The number of aliphatic hydroxyl groups excluding tert-OH is 1. The number of amides is 2. The maximum absolute atomic E-state index is 11.4. The fourth-order valence-electron chi connectivity index (χ4n) is 1.06. The van der Waals surface area contributed by atoms with Gasteiger partial charge < -0.3 is 10.4 Å². The number of hydrogen-bond donors (Lipinski definition) is 3. The minimum Gasteiger partial charge on any atom is -0.384 e. The molecule has 0 saturated heterocycles. The predicted molar refractivity (Wildman–Crippen MR) is 61.3 cm³/mol. The molecule has 0 radical (unpaired) electrons. The standard InChI is InChI=1S/C10H11N3O2S/c14-5-1-2-8-6-11-10(16-8)13-9(15)12-7-3-4-7/h6-7,14H,3-5H2,(H2,11,12,13,15). The highest BCUT2D eigenvalue weighted by Gasteiger charge is 2.23. The lowest BCUT2D eigenvalue weighted by Crippen LogP contribution is -2.30. The third kappa shape index (κ3) is 3.22. The summed E-state index contributed by atoms with van der Waals surface area (Å²) in [6, 6.07) is 0.104. The summed E-state index contributed by atoms with van der Waals surface area (Å²) < 4.78 is 0. The maximum Gasteiger partial charge on any atom is 0.321 e. The molecule has 1 fully saturated rings. The van der Waals surface area contributed by atoms with E-state index in [0.29, 0.717) is 11.2 Å². The van der Waals surface area contributed by atoms with Gasteiger partial charge in [-0.1, -0.05) is 23.2 Å². The van der Waals surface area contributed by atoms with Gasteiger partial charge in [0.2, 0.25) is 0 Å². The molecule has 3 N–H and O–H groups in total. The van der Waals surface area contributed by atoms with Gasteiger partial charge in [-0.2, -0.15) is 0 Å². The zero-order valence-corrected chi connectivity index (χ0v) is 9.30. The van der Waals surface area contributed by atoms with E-state index in [1.54, 1.807) is 6.20 Å². The molecule has 1 aromatic rings. The fraction of sp³-hybridized carbons (Fsp3) is 0.400. The number of hydrogen-bond acceptors (Lipinski definition) is 4. The number of carbonyl (C=O) groups excluding carboxylic acids is 1. The van der Waals surface area contributed by atoms with Crippen molar-refractivity contribution in [2.45, 2.75) is 18.9 Å². The molecule has 1 aliphatic rings. The summed E-state index contributed by atoms with van der Waals surface area (Å²) in [7, 11) is 0. The molecule has 1 aliphatic carbocycles. The summed E-state index contributed by atoms with van der Waals surface area (Å²) in [6.07, 6.45) is 3.68. The molecule has 0 atom stereocenters. The lowest BCUT2D eigenvalue weighted by Gasteiger charge is -2.01. The Hall–Kier alpha value is -1.58. The van der Waals surface area contributed by atoms with E-state index < -0.39 is 0 Å². The molecule has 0 unspecified atom stereocenters. The zero-order chi connectivity index (χ0) is 11.4. The molecule has 0 bridgehead atoms. The molecular weight excluding hydrogens is 226 g/mol. The van der Waals surface area contributed by atoms with E-state index in [4.69, 9.17) is 5.11 Å². The van der Waals surface area contributed by atoms with E-state index >= 15 is 0 Å². The van der Waals surface area contributed by atoms with Gasteiger partial charge in [-0.25, -0.2) is 9.78 Å². The quantitative estimate of drug-likeness (QED) is 0.665. The third-order valence-corrected chi connectivity index (χ3v) is 2.76. The highest BCUT2D eigenvalue weighted by molar-refractivity contribution is 7.16. The van der Waals surface area contributed by atoms with Crippen molar-refractivity contribution in [3.05, 3.63) is 11.1 Å². The molecule has 1 aromatic heterocycles. The Bertz CT molecular complexity index is 442. The van der Waals surface area contributed by atoms with Crippen LogP contribution < -0.4 is 10.6 Å². The van der Waals surface area contributed by atoms with Crippen molar-refractivity contribution in [2.24, 2.45) is 0 Å². The second-order valence-electron chi connectivity index (χ2n) is 3.36. The summed E-state index contributed by atoms with van der Waals surface area (Å²) in [5.41, 5.74) is 0. The number of anilines is 1. The molecule has 0 aromatic carbocycles. The molecule has 84 valence electrons. The Kier molecular flexibility index (Phi) is 3.39. The highest BCUT2D eigenvalue weighted by Crippen LogP contribution is 2.20. The molecule has 1 saturated carbocycles. The first-order chi connectivity index (χ1) is 7.78. The average Bonchev–Trinajstić information content (AvgIpc) is 2.94. The van der Waals surface area contributed by atoms with Gasteiger partial charge in [0, 0.05) is 6.04 Å². The maximum atomic E-state index is 11.4. The molecule has 0 aliphatic heterocycles. The van der Waals surface area contributed by atoms with Crippen molar-refractivity contribution in [2.75, 3.05) is 11.9 Å². The van der Waals surface area contributed by atoms with Crippen LogP contribution in [0.25, 0.3) is 0 Å². The van der Waals surface area contributed by atoms with Crippen molar-refractivity contribution >= 4 is 22.5 Å². The lowest BCUT2D eigenvalue weighted by molar-refractivity contribution is 0.251. The first-order valence-corrected chi connectivity index (χ1v) is 5.72. The van der Waals surface area contributed by atoms with Gasteiger partial charge in [0.1, 0.15) is 6.61 Å². The van der Waals surface area contributed by atoms with Crippen molar-refractivity contribution in [1.82, 2.24) is 10.3 Å². The Morgan fingerprint density at radius 1 is 1.69 bits per heavy atom. The first-order valence-electron chi connectivity index (χ1n) is 4.91. The Labute approximate surface area is 96.9 Å². The normalized spacial score (nSPS) is 13.8. The molecule has 0 spiro atoms. The van der Waals surface area contributed by atoms with Crippen LogP contribution in [0.15, 0.2) is 6.20 Å². The number of carbonyl (C=O) groups is 1. The van der Waals surface area contributed by atoms with Crippen LogP contribution in [0.4, 0.5) is 9.93 Å². The van der Waals surface area contributed by atoms with E-state index in [1.165, 1.54) is 11.3 Å². The van der Waals surface area contributed by atoms with Crippen LogP contribution in [-0.2, 0) is 0 Å². The van der Waals surface area contributed by atoms with Gasteiger partial charge in [-0.05, 0) is 12.8 Å². The molecule has 2 amide bonds. The number of nitrogens with one attached hydrogen (secondary N) is 2. The van der Waals surface area contributed by atoms with E-state index in [-0.39, 0.29) is 12.6 Å². The third-order valence-electron chi connectivity index (χ3n) is 1.93. The monoisotopic (exact) mass is 237 g/mol. The minimum atomic E-state index is -0.224. The van der Waals surface area contributed by atoms with Crippen LogP contribution in [0.5, 0.6) is 0 Å². The van der Waals surface area contributed by atoms with Crippen molar-refractivity contribution in [1.29, 1.82) is 0 Å². The second-order valence-corrected chi connectivity index (χ2v) is 4.39. The van der Waals surface area contributed by atoms with Gasteiger partial charge >= 0.3 is 6.03 Å². The Morgan fingerprint density at radius 2 is 2.50 bits per heavy atom. The summed E-state index contributed by atoms with van der Waals surface area (Å²) in [6.45, 7) is -0.178. The molecule has 16 heavy (non-hydrogen) atoms. The summed E-state index contributed by atoms with van der Waals surface area (Å²) in [5, 5.41) is 14.5. The number of rotatable bonds is 2. The van der Waals surface area contributed by atoms with E-state index in [1.807, 2.05) is 0 Å². The average molecular weight is 237 g/mol. The summed E-state index contributed by atoms with van der Waals surface area (Å²) in [5.74, 6) is 5.25. The van der Waals surface area contributed by atoms with E-state index in [9.17, 15) is 4.79 Å². The molecule has 2 rings (SSSR count). The Morgan fingerprint density at radius 3 is 3.19 bits per heavy atom. The van der Waals surface area contributed by atoms with Crippen LogP contribution in [0.1, 0.15) is 17.7 Å². The second kappa shape index (κ2) is 4.96. The minimum absolute atomic E-state index is 0.178. The van der Waals surface area contributed by atoms with Crippen LogP contribution >= 0.6 is 11.3 Å². The topological polar surface area (TPSA) is 74.2 Å². The first kappa shape index (κ1) is 10.9. The molecule has 6 heteroatoms. The van der Waals surface area contributed by atoms with Gasteiger partial charge in [0.05, 0.1) is 11.1 Å². The van der Waals surface area contributed by atoms with E-state index in [0.717, 1.165) is 17.7 Å². The number of thiazole rings is 1. The smallest absolute Gasteiger partial charge is 0.321 e. The van der Waals surface area contributed by atoms with Gasteiger partial charge in [0.15, 0.2) is 5.13 Å². The number of nitrogens with zero attached hydrogens (tertiary/aromatic N) is 1. The van der Waals surface area contributed by atoms with Crippen LogP contribution in [-0.4, -0.2) is 28.8 Å². The summed E-state index contributed by atoms with van der Waals surface area (Å²) >= 11 is 1.28. The van der Waals surface area contributed by atoms with Crippen LogP contribution in [0.3, 0.4) is 0 Å². The number of urea groups is 1. The lowest BCUT2D eigenvalue weighted by atomic mass is 10.5. The summed E-state index contributed by atoms with van der Waals surface area (Å²) in [4.78, 5) is 16.1. The van der Waals surface area contributed by atoms with E-state index in [2.05, 4.69) is 27.5 Å². The zero-order valence-electron chi connectivity index (χ0n) is 8.49. The Balaban J connectivity index is 1.88. The molecule has 1 heterocycles. The van der Waals surface area contributed by atoms with Crippen LogP contribution in [0, 0.1) is 11.8 Å². The van der Waals surface area contributed by atoms with Crippen molar-refractivity contribution in [3.63, 3.8) is 0 Å². The van der Waals surface area contributed by atoms with Crippen LogP contribution in [0.2, 0.25) is 0 Å². The van der Waals surface area contributed by atoms with Gasteiger partial charge in [-0.15, -0.1) is 0 Å². The number of aliphatic hydroxyl groups is 1. The highest BCUT2D eigenvalue weighted by atomic mass is 32.1. The SMILES string of the molecule is O=C(Nc1ncc(C#CCO)s1)NC1CC1. The van der Waals surface area contributed by atoms with Gasteiger partial charge in [-0.3, -0.25) is 5.32 Å². The van der Waals surface area contributed by atoms with Crippen molar-refractivity contribution < 1.29 is 9.90 Å². The molecule has 5 nitrogen and oxygen atoms in total. The van der Waals surface area contributed by atoms with Crippen molar-refractivity contribution in [3.8, 4) is 11.8 Å². The predicted octanol–water partition coefficient (Wildman–Crippen LogP) is 0.771. The molecular formula is C10H11N3O2S. The number of aromatic nitrogens is 1. The fourth-order valence-corrected chi connectivity index (χ4v) is 1.75.